The van der Waals surface area contributed by atoms with Crippen LogP contribution in [0.4, 0.5) is 0 Å². The summed E-state index contributed by atoms with van der Waals surface area (Å²) in [5, 5.41) is 4.87. The van der Waals surface area contributed by atoms with E-state index in [9.17, 15) is 14.4 Å². The van der Waals surface area contributed by atoms with E-state index >= 15 is 0 Å². The highest BCUT2D eigenvalue weighted by atomic mass is 32.1. The van der Waals surface area contributed by atoms with Crippen molar-refractivity contribution in [2.24, 2.45) is 11.3 Å². The van der Waals surface area contributed by atoms with Gasteiger partial charge in [-0.1, -0.05) is 18.2 Å². The van der Waals surface area contributed by atoms with Crippen molar-refractivity contribution in [3.05, 3.63) is 57.9 Å². The Morgan fingerprint density at radius 1 is 1.26 bits per heavy atom. The fourth-order valence-corrected chi connectivity index (χ4v) is 5.84. The van der Waals surface area contributed by atoms with Crippen molar-refractivity contribution in [3.8, 4) is 11.5 Å². The average Bonchev–Trinajstić information content (AvgIpc) is 3.61. The first kappa shape index (κ1) is 23.4. The van der Waals surface area contributed by atoms with Crippen LogP contribution in [0.2, 0.25) is 0 Å². The maximum Gasteiger partial charge on any atom is 0.318 e. The van der Waals surface area contributed by atoms with E-state index in [1.54, 1.807) is 23.2 Å². The number of piperidine rings is 1. The van der Waals surface area contributed by atoms with E-state index in [1.165, 1.54) is 0 Å². The second-order valence-electron chi connectivity index (χ2n) is 9.00. The number of nitrogens with zero attached hydrogens (tertiary/aromatic N) is 1. The molecule has 5 rings (SSSR count). The first-order valence-corrected chi connectivity index (χ1v) is 12.7. The number of nitrogens with one attached hydrogen (secondary N) is 1. The fourth-order valence-electron chi connectivity index (χ4n) is 5.20. The molecule has 1 saturated heterocycles. The molecule has 1 aliphatic carbocycles. The van der Waals surface area contributed by atoms with E-state index in [4.69, 9.17) is 14.2 Å². The van der Waals surface area contributed by atoms with Gasteiger partial charge in [-0.2, -0.15) is 0 Å². The largest absolute Gasteiger partial charge is 0.465 e. The molecule has 1 aromatic carbocycles. The quantitative estimate of drug-likeness (QED) is 0.560. The molecule has 3 heterocycles. The van der Waals surface area contributed by atoms with Crippen molar-refractivity contribution >= 4 is 29.1 Å². The summed E-state index contributed by atoms with van der Waals surface area (Å²) in [7, 11) is 0. The van der Waals surface area contributed by atoms with Crippen molar-refractivity contribution in [3.63, 3.8) is 0 Å². The second-order valence-corrected chi connectivity index (χ2v) is 10.0. The number of benzene rings is 1. The summed E-state index contributed by atoms with van der Waals surface area (Å²) in [6, 6.07) is 9.45. The topological polar surface area (TPSA) is 94.2 Å². The number of carbonyl (C=O) groups excluding carboxylic acids is 3. The van der Waals surface area contributed by atoms with Crippen LogP contribution in [0.15, 0.2) is 47.5 Å². The summed E-state index contributed by atoms with van der Waals surface area (Å²) >= 11 is 1.57. The minimum absolute atomic E-state index is 0.0241. The molecule has 1 fully saturated rings. The van der Waals surface area contributed by atoms with Gasteiger partial charge in [0.05, 0.1) is 19.7 Å². The summed E-state index contributed by atoms with van der Waals surface area (Å²) in [4.78, 5) is 42.4. The monoisotopic (exact) mass is 496 g/mol. The number of likely N-dealkylation sites (tertiary alicyclic amines) is 1. The van der Waals surface area contributed by atoms with Gasteiger partial charge in [-0.3, -0.25) is 14.4 Å². The number of thiophene rings is 1. The summed E-state index contributed by atoms with van der Waals surface area (Å²) in [5.41, 5.74) is 0.628. The number of fused-ring (bicyclic) bond motifs is 2. The third-order valence-corrected chi connectivity index (χ3v) is 7.69. The second kappa shape index (κ2) is 9.73. The van der Waals surface area contributed by atoms with Crippen molar-refractivity contribution in [2.75, 3.05) is 13.4 Å². The van der Waals surface area contributed by atoms with Crippen LogP contribution < -0.4 is 14.8 Å². The van der Waals surface area contributed by atoms with Gasteiger partial charge < -0.3 is 24.4 Å². The van der Waals surface area contributed by atoms with Gasteiger partial charge in [0, 0.05) is 22.9 Å². The van der Waals surface area contributed by atoms with Crippen molar-refractivity contribution in [1.82, 2.24) is 10.2 Å². The molecule has 9 heteroatoms. The number of amides is 2. The van der Waals surface area contributed by atoms with E-state index in [2.05, 4.69) is 5.32 Å². The minimum Gasteiger partial charge on any atom is -0.465 e. The molecule has 0 saturated carbocycles. The van der Waals surface area contributed by atoms with E-state index < -0.39 is 11.3 Å². The van der Waals surface area contributed by atoms with Crippen LogP contribution in [0.3, 0.4) is 0 Å². The van der Waals surface area contributed by atoms with Crippen LogP contribution in [-0.2, 0) is 32.2 Å². The van der Waals surface area contributed by atoms with Gasteiger partial charge in [0.1, 0.15) is 5.41 Å². The predicted octanol–water partition coefficient (Wildman–Crippen LogP) is 3.76. The molecule has 1 N–H and O–H groups in total. The van der Waals surface area contributed by atoms with E-state index in [0.717, 1.165) is 10.4 Å². The summed E-state index contributed by atoms with van der Waals surface area (Å²) in [6.07, 6.45) is 3.52. The molecular weight excluding hydrogens is 468 g/mol. The van der Waals surface area contributed by atoms with Gasteiger partial charge in [-0.25, -0.2) is 0 Å². The molecule has 2 atom stereocenters. The van der Waals surface area contributed by atoms with Gasteiger partial charge in [-0.15, -0.1) is 11.3 Å². The van der Waals surface area contributed by atoms with E-state index in [-0.39, 0.29) is 50.6 Å². The number of hydrogen-bond acceptors (Lipinski definition) is 7. The highest BCUT2D eigenvalue weighted by Gasteiger charge is 2.55. The maximum absolute atomic E-state index is 13.7. The Kier molecular flexibility index (Phi) is 6.51. The minimum atomic E-state index is -0.918. The Balaban J connectivity index is 1.39. The summed E-state index contributed by atoms with van der Waals surface area (Å²) in [5.74, 6) is 0.00245. The standard InChI is InChI=1S/C26H28N2O6S/c1-2-32-25(31)26-9-3-6-22(26)28(15-17-7-8-20-21(11-17)34-16-33-20)24(30)18(13-26)12-23(29)27-14-19-5-4-10-35-19/h4-8,10-11,18H,2-3,9,12-16H2,1H3,(H,27,29)/t18-,26-/m0/s1. The van der Waals surface area contributed by atoms with E-state index in [0.29, 0.717) is 36.6 Å². The van der Waals surface area contributed by atoms with Crippen molar-refractivity contribution in [2.45, 2.75) is 45.7 Å². The lowest BCUT2D eigenvalue weighted by molar-refractivity contribution is -0.161. The molecule has 8 nitrogen and oxygen atoms in total. The lowest BCUT2D eigenvalue weighted by Crippen LogP contribution is -2.52. The molecule has 2 aliphatic heterocycles. The average molecular weight is 497 g/mol. The molecule has 35 heavy (non-hydrogen) atoms. The van der Waals surface area contributed by atoms with Crippen LogP contribution in [0.1, 0.15) is 43.0 Å². The SMILES string of the molecule is CCOC(=O)[C@]12CCC=C1N(Cc1ccc3c(c1)OCO3)C(=O)[C@@H](CC(=O)NCc1cccs1)C2. The molecule has 0 radical (unpaired) electrons. The number of allylic oxidation sites excluding steroid dienone is 1. The normalized spacial score (nSPS) is 22.5. The first-order chi connectivity index (χ1) is 17.0. The Hall–Kier alpha value is -3.33. The zero-order valence-electron chi connectivity index (χ0n) is 19.6. The number of hydrogen-bond donors (Lipinski definition) is 1. The molecule has 184 valence electrons. The Morgan fingerprint density at radius 3 is 2.91 bits per heavy atom. The summed E-state index contributed by atoms with van der Waals surface area (Å²) < 4.78 is 16.4. The lowest BCUT2D eigenvalue weighted by atomic mass is 9.71. The molecule has 2 amide bonds. The molecule has 0 spiro atoms. The molecule has 0 bridgehead atoms. The van der Waals surface area contributed by atoms with Crippen molar-refractivity contribution < 1.29 is 28.6 Å². The van der Waals surface area contributed by atoms with Crippen LogP contribution in [-0.4, -0.2) is 36.1 Å². The van der Waals surface area contributed by atoms with Crippen LogP contribution >= 0.6 is 11.3 Å². The van der Waals surface area contributed by atoms with Gasteiger partial charge >= 0.3 is 5.97 Å². The fraction of sp³-hybridized carbons (Fsp3) is 0.423. The third-order valence-electron chi connectivity index (χ3n) is 6.82. The molecular formula is C26H28N2O6S. The van der Waals surface area contributed by atoms with Crippen LogP contribution in [0, 0.1) is 11.3 Å². The van der Waals surface area contributed by atoms with Gasteiger partial charge in [0.25, 0.3) is 0 Å². The first-order valence-electron chi connectivity index (χ1n) is 11.9. The molecule has 1 aromatic heterocycles. The number of rotatable bonds is 8. The third kappa shape index (κ3) is 4.52. The zero-order valence-corrected chi connectivity index (χ0v) is 20.4. The number of carbonyl (C=O) groups is 3. The Morgan fingerprint density at radius 2 is 2.11 bits per heavy atom. The maximum atomic E-state index is 13.7. The highest BCUT2D eigenvalue weighted by molar-refractivity contribution is 7.09. The highest BCUT2D eigenvalue weighted by Crippen LogP contribution is 2.51. The van der Waals surface area contributed by atoms with Gasteiger partial charge in [0.15, 0.2) is 11.5 Å². The summed E-state index contributed by atoms with van der Waals surface area (Å²) in [6.45, 7) is 2.90. The van der Waals surface area contributed by atoms with Crippen LogP contribution in [0.25, 0.3) is 0 Å². The molecule has 2 aromatic rings. The molecule has 3 aliphatic rings. The number of esters is 1. The predicted molar refractivity (Wildman–Crippen MR) is 128 cm³/mol. The zero-order chi connectivity index (χ0) is 24.4. The number of ether oxygens (including phenoxy) is 3. The smallest absolute Gasteiger partial charge is 0.318 e. The molecule has 0 unspecified atom stereocenters. The lowest BCUT2D eigenvalue weighted by Gasteiger charge is -2.44. The van der Waals surface area contributed by atoms with E-state index in [1.807, 2.05) is 41.8 Å². The Bertz CT molecular complexity index is 1160. The Labute approximate surface area is 207 Å². The van der Waals surface area contributed by atoms with Gasteiger partial charge in [-0.05, 0) is 55.3 Å². The van der Waals surface area contributed by atoms with Crippen molar-refractivity contribution in [1.29, 1.82) is 0 Å². The van der Waals surface area contributed by atoms with Crippen LogP contribution in [0.5, 0.6) is 11.5 Å². The van der Waals surface area contributed by atoms with Gasteiger partial charge in [0.2, 0.25) is 18.6 Å².